The molecule has 2 N–H and O–H groups in total. The number of nitrogens with zero attached hydrogens (tertiary/aromatic N) is 7. The van der Waals surface area contributed by atoms with E-state index in [1.54, 1.807) is 4.90 Å². The Balaban J connectivity index is 1.70. The molecule has 158 valence electrons. The van der Waals surface area contributed by atoms with E-state index in [-0.39, 0.29) is 12.0 Å². The lowest BCUT2D eigenvalue weighted by Gasteiger charge is -2.27. The Morgan fingerprint density at radius 3 is 2.45 bits per heavy atom. The standard InChI is InChI=1S/C18H25F3N8/c1-12(15-24-16(22)26-17(25-15)27(2)3)28-7-4-8-29(10-9-28)14-6-5-13(11-23-14)18(19,20)21/h5-6,11-12H,4,7-10H2,1-3H3,(H2,22,24,25,26). The predicted molar refractivity (Wildman–Crippen MR) is 105 cm³/mol. The van der Waals surface area contributed by atoms with Crippen molar-refractivity contribution in [1.82, 2.24) is 24.8 Å². The van der Waals surface area contributed by atoms with Crippen LogP contribution in [0.15, 0.2) is 18.3 Å². The first-order valence-electron chi connectivity index (χ1n) is 9.36. The molecule has 1 aliphatic rings. The van der Waals surface area contributed by atoms with Crippen LogP contribution in [0.2, 0.25) is 0 Å². The van der Waals surface area contributed by atoms with Gasteiger partial charge in [-0.05, 0) is 25.5 Å². The van der Waals surface area contributed by atoms with Crippen LogP contribution in [-0.4, -0.2) is 65.1 Å². The average Bonchev–Trinajstić information content (AvgIpc) is 2.92. The Hall–Kier alpha value is -2.69. The van der Waals surface area contributed by atoms with Gasteiger partial charge >= 0.3 is 6.18 Å². The van der Waals surface area contributed by atoms with Crippen molar-refractivity contribution in [3.8, 4) is 0 Å². The lowest BCUT2D eigenvalue weighted by molar-refractivity contribution is -0.137. The van der Waals surface area contributed by atoms with Crippen LogP contribution in [-0.2, 0) is 6.18 Å². The van der Waals surface area contributed by atoms with E-state index in [0.29, 0.717) is 37.2 Å². The fourth-order valence-electron chi connectivity index (χ4n) is 3.24. The Kier molecular flexibility index (Phi) is 6.06. The van der Waals surface area contributed by atoms with Crippen LogP contribution >= 0.6 is 0 Å². The maximum absolute atomic E-state index is 12.7. The van der Waals surface area contributed by atoms with Gasteiger partial charge in [-0.3, -0.25) is 4.90 Å². The van der Waals surface area contributed by atoms with Crippen molar-refractivity contribution in [1.29, 1.82) is 0 Å². The summed E-state index contributed by atoms with van der Waals surface area (Å²) in [6.45, 7) is 4.88. The van der Waals surface area contributed by atoms with Gasteiger partial charge in [0.15, 0.2) is 5.82 Å². The van der Waals surface area contributed by atoms with Crippen LogP contribution in [0.4, 0.5) is 30.9 Å². The fourth-order valence-corrected chi connectivity index (χ4v) is 3.24. The molecule has 0 bridgehead atoms. The van der Waals surface area contributed by atoms with Crippen molar-refractivity contribution in [2.75, 3.05) is 55.8 Å². The minimum absolute atomic E-state index is 0.0699. The molecular formula is C18H25F3N8. The summed E-state index contributed by atoms with van der Waals surface area (Å²) in [5.41, 5.74) is 5.09. The van der Waals surface area contributed by atoms with Crippen LogP contribution in [0.25, 0.3) is 0 Å². The van der Waals surface area contributed by atoms with Gasteiger partial charge in [0, 0.05) is 46.5 Å². The molecule has 0 aromatic carbocycles. The lowest BCUT2D eigenvalue weighted by atomic mass is 10.2. The SMILES string of the molecule is CC(c1nc(N)nc(N(C)C)n1)N1CCCN(c2ccc(C(F)(F)F)cn2)CC1. The summed E-state index contributed by atoms with van der Waals surface area (Å²) in [5.74, 6) is 1.83. The molecular weight excluding hydrogens is 385 g/mol. The van der Waals surface area contributed by atoms with Crippen LogP contribution in [0.5, 0.6) is 0 Å². The first kappa shape index (κ1) is 21.0. The van der Waals surface area contributed by atoms with Gasteiger partial charge in [-0.2, -0.15) is 28.1 Å². The Labute approximate surface area is 167 Å². The molecule has 3 heterocycles. The molecule has 0 amide bonds. The second kappa shape index (κ2) is 8.36. The quantitative estimate of drug-likeness (QED) is 0.821. The molecule has 11 heteroatoms. The summed E-state index contributed by atoms with van der Waals surface area (Å²) in [7, 11) is 3.67. The number of aromatic nitrogens is 4. The van der Waals surface area contributed by atoms with Crippen molar-refractivity contribution < 1.29 is 13.2 Å². The summed E-state index contributed by atoms with van der Waals surface area (Å²) >= 11 is 0. The second-order valence-corrected chi connectivity index (χ2v) is 7.20. The highest BCUT2D eigenvalue weighted by Gasteiger charge is 2.31. The predicted octanol–water partition coefficient (Wildman–Crippen LogP) is 2.21. The monoisotopic (exact) mass is 410 g/mol. The summed E-state index contributed by atoms with van der Waals surface area (Å²) in [6, 6.07) is 2.43. The summed E-state index contributed by atoms with van der Waals surface area (Å²) in [4.78, 5) is 22.9. The van der Waals surface area contributed by atoms with E-state index in [4.69, 9.17) is 5.73 Å². The number of nitrogen functional groups attached to an aromatic ring is 1. The van der Waals surface area contributed by atoms with E-state index < -0.39 is 11.7 Å². The van der Waals surface area contributed by atoms with Crippen molar-refractivity contribution in [3.63, 3.8) is 0 Å². The van der Waals surface area contributed by atoms with E-state index in [1.165, 1.54) is 6.07 Å². The van der Waals surface area contributed by atoms with Crippen LogP contribution < -0.4 is 15.5 Å². The molecule has 1 fully saturated rings. The molecule has 1 saturated heterocycles. The largest absolute Gasteiger partial charge is 0.417 e. The summed E-state index contributed by atoms with van der Waals surface area (Å²) in [6.07, 6.45) is -2.65. The summed E-state index contributed by atoms with van der Waals surface area (Å²) in [5, 5.41) is 0. The highest BCUT2D eigenvalue weighted by Crippen LogP contribution is 2.29. The smallest absolute Gasteiger partial charge is 0.368 e. The van der Waals surface area contributed by atoms with Crippen molar-refractivity contribution >= 4 is 17.7 Å². The zero-order valence-electron chi connectivity index (χ0n) is 16.7. The van der Waals surface area contributed by atoms with Crippen LogP contribution in [0.1, 0.15) is 30.8 Å². The zero-order valence-corrected chi connectivity index (χ0v) is 16.7. The molecule has 2 aromatic rings. The normalized spacial score (nSPS) is 17.1. The maximum Gasteiger partial charge on any atom is 0.417 e. The average molecular weight is 410 g/mol. The number of hydrogen-bond donors (Lipinski definition) is 1. The summed E-state index contributed by atoms with van der Waals surface area (Å²) < 4.78 is 38.2. The molecule has 0 aliphatic carbocycles. The van der Waals surface area contributed by atoms with Gasteiger partial charge < -0.3 is 15.5 Å². The molecule has 1 unspecified atom stereocenters. The third-order valence-electron chi connectivity index (χ3n) is 4.91. The minimum atomic E-state index is -4.38. The topological polar surface area (TPSA) is 87.3 Å². The molecule has 29 heavy (non-hydrogen) atoms. The van der Waals surface area contributed by atoms with E-state index in [9.17, 15) is 13.2 Å². The number of halogens is 3. The lowest BCUT2D eigenvalue weighted by Crippen LogP contribution is -2.34. The molecule has 2 aromatic heterocycles. The second-order valence-electron chi connectivity index (χ2n) is 7.20. The number of alkyl halides is 3. The van der Waals surface area contributed by atoms with Gasteiger partial charge in [0.1, 0.15) is 5.82 Å². The van der Waals surface area contributed by atoms with E-state index in [1.807, 2.05) is 25.9 Å². The highest BCUT2D eigenvalue weighted by atomic mass is 19.4. The first-order chi connectivity index (χ1) is 13.6. The zero-order chi connectivity index (χ0) is 21.2. The van der Waals surface area contributed by atoms with Gasteiger partial charge in [0.05, 0.1) is 11.6 Å². The number of nitrogens with two attached hydrogens (primary N) is 1. The Bertz CT molecular complexity index is 825. The fraction of sp³-hybridized carbons (Fsp3) is 0.556. The number of pyridine rings is 1. The van der Waals surface area contributed by atoms with Crippen molar-refractivity contribution in [3.05, 3.63) is 29.7 Å². The van der Waals surface area contributed by atoms with Gasteiger partial charge in [0.2, 0.25) is 11.9 Å². The minimum Gasteiger partial charge on any atom is -0.368 e. The number of rotatable bonds is 4. The third kappa shape index (κ3) is 5.03. The van der Waals surface area contributed by atoms with E-state index in [2.05, 4.69) is 24.8 Å². The molecule has 0 radical (unpaired) electrons. The Morgan fingerprint density at radius 2 is 1.83 bits per heavy atom. The number of hydrogen-bond acceptors (Lipinski definition) is 8. The van der Waals surface area contributed by atoms with Crippen LogP contribution in [0, 0.1) is 0 Å². The molecule has 3 rings (SSSR count). The van der Waals surface area contributed by atoms with E-state index >= 15 is 0 Å². The van der Waals surface area contributed by atoms with E-state index in [0.717, 1.165) is 25.2 Å². The van der Waals surface area contributed by atoms with Crippen molar-refractivity contribution in [2.24, 2.45) is 0 Å². The molecule has 1 aliphatic heterocycles. The molecule has 0 spiro atoms. The molecule has 0 saturated carbocycles. The molecule has 8 nitrogen and oxygen atoms in total. The number of anilines is 3. The molecule has 1 atom stereocenters. The first-order valence-corrected chi connectivity index (χ1v) is 9.36. The van der Waals surface area contributed by atoms with Gasteiger partial charge in [0.25, 0.3) is 0 Å². The van der Waals surface area contributed by atoms with Crippen LogP contribution in [0.3, 0.4) is 0 Å². The van der Waals surface area contributed by atoms with Gasteiger partial charge in [-0.15, -0.1) is 0 Å². The van der Waals surface area contributed by atoms with Crippen molar-refractivity contribution in [2.45, 2.75) is 25.6 Å². The highest BCUT2D eigenvalue weighted by molar-refractivity contribution is 5.40. The third-order valence-corrected chi connectivity index (χ3v) is 4.91. The van der Waals surface area contributed by atoms with Gasteiger partial charge in [-0.25, -0.2) is 4.98 Å². The maximum atomic E-state index is 12.7. The Morgan fingerprint density at radius 1 is 1.07 bits per heavy atom. The van der Waals surface area contributed by atoms with Gasteiger partial charge in [-0.1, -0.05) is 0 Å².